The molecule has 0 saturated carbocycles. The Morgan fingerprint density at radius 2 is 2.27 bits per heavy atom. The Morgan fingerprint density at radius 3 is 2.86 bits per heavy atom. The Morgan fingerprint density at radius 1 is 1.50 bits per heavy atom. The number of aliphatic carboxylic acids is 1. The highest BCUT2D eigenvalue weighted by Crippen LogP contribution is 2.52. The molecule has 118 valence electrons. The van der Waals surface area contributed by atoms with Crippen molar-refractivity contribution in [2.75, 3.05) is 7.11 Å². The van der Waals surface area contributed by atoms with E-state index in [2.05, 4.69) is 4.98 Å². The molecule has 0 aromatic carbocycles. The highest BCUT2D eigenvalue weighted by Gasteiger charge is 2.60. The van der Waals surface area contributed by atoms with Crippen LogP contribution in [0.25, 0.3) is 0 Å². The van der Waals surface area contributed by atoms with Gasteiger partial charge < -0.3 is 14.7 Å². The topological polar surface area (TPSA) is 79.7 Å². The van der Waals surface area contributed by atoms with Gasteiger partial charge in [0.25, 0.3) is 5.91 Å². The van der Waals surface area contributed by atoms with Crippen molar-refractivity contribution < 1.29 is 19.4 Å². The normalized spacial score (nSPS) is 29.6. The zero-order valence-electron chi connectivity index (χ0n) is 12.8. The maximum Gasteiger partial charge on any atom is 0.311 e. The third-order valence-corrected chi connectivity index (χ3v) is 5.22. The Bertz CT molecular complexity index is 618. The number of hydrogen-bond acceptors (Lipinski definition) is 4. The molecule has 2 bridgehead atoms. The maximum absolute atomic E-state index is 12.8. The van der Waals surface area contributed by atoms with Crippen molar-refractivity contribution in [1.82, 2.24) is 9.88 Å². The molecule has 1 aromatic rings. The molecule has 1 N–H and O–H groups in total. The molecule has 2 fully saturated rings. The predicted molar refractivity (Wildman–Crippen MR) is 78.7 cm³/mol. The van der Waals surface area contributed by atoms with Crippen molar-refractivity contribution in [1.29, 1.82) is 0 Å². The highest BCUT2D eigenvalue weighted by molar-refractivity contribution is 5.94. The number of carbonyl (C=O) groups excluding carboxylic acids is 1. The lowest BCUT2D eigenvalue weighted by Crippen LogP contribution is -2.44. The first kappa shape index (κ1) is 14.8. The molecule has 2 aliphatic rings. The van der Waals surface area contributed by atoms with Gasteiger partial charge in [-0.05, 0) is 31.7 Å². The zero-order valence-corrected chi connectivity index (χ0v) is 12.8. The fraction of sp³-hybridized carbons (Fsp3) is 0.562. The molecule has 1 aromatic heterocycles. The van der Waals surface area contributed by atoms with Crippen molar-refractivity contribution in [2.45, 2.75) is 44.7 Å². The first-order valence-corrected chi connectivity index (χ1v) is 7.59. The molecule has 2 aliphatic heterocycles. The number of methoxy groups -OCH3 is 1. The third-order valence-electron chi connectivity index (χ3n) is 5.22. The average molecular weight is 304 g/mol. The molecule has 3 atom stereocenters. The first-order valence-electron chi connectivity index (χ1n) is 7.59. The monoisotopic (exact) mass is 304 g/mol. The van der Waals surface area contributed by atoms with Crippen LogP contribution in [-0.4, -0.2) is 46.1 Å². The number of carbonyl (C=O) groups is 2. The minimum absolute atomic E-state index is 0.00144. The molecule has 3 rings (SSSR count). The molecule has 6 heteroatoms. The van der Waals surface area contributed by atoms with Gasteiger partial charge in [-0.3, -0.25) is 14.6 Å². The van der Waals surface area contributed by atoms with Crippen molar-refractivity contribution >= 4 is 11.9 Å². The van der Waals surface area contributed by atoms with Gasteiger partial charge >= 0.3 is 5.97 Å². The lowest BCUT2D eigenvalue weighted by molar-refractivity contribution is -0.151. The van der Waals surface area contributed by atoms with Crippen LogP contribution in [0.1, 0.15) is 43.1 Å². The van der Waals surface area contributed by atoms with Gasteiger partial charge in [0.15, 0.2) is 0 Å². The van der Waals surface area contributed by atoms with Crippen LogP contribution in [0.15, 0.2) is 18.3 Å². The summed E-state index contributed by atoms with van der Waals surface area (Å²) in [5.74, 6) is -0.411. The van der Waals surface area contributed by atoms with Gasteiger partial charge in [0.05, 0.1) is 12.5 Å². The van der Waals surface area contributed by atoms with E-state index < -0.39 is 11.4 Å². The molecule has 3 heterocycles. The third kappa shape index (κ3) is 1.97. The van der Waals surface area contributed by atoms with Crippen LogP contribution in [0.2, 0.25) is 0 Å². The second-order valence-corrected chi connectivity index (χ2v) is 6.06. The maximum atomic E-state index is 12.8. The van der Waals surface area contributed by atoms with Gasteiger partial charge in [-0.2, -0.15) is 0 Å². The van der Waals surface area contributed by atoms with E-state index in [9.17, 15) is 14.7 Å². The highest BCUT2D eigenvalue weighted by atomic mass is 16.5. The van der Waals surface area contributed by atoms with Crippen LogP contribution in [-0.2, 0) is 4.79 Å². The van der Waals surface area contributed by atoms with E-state index >= 15 is 0 Å². The van der Waals surface area contributed by atoms with Crippen LogP contribution >= 0.6 is 0 Å². The van der Waals surface area contributed by atoms with Crippen molar-refractivity contribution in [2.24, 2.45) is 5.41 Å². The fourth-order valence-electron chi connectivity index (χ4n) is 4.04. The molecule has 2 saturated heterocycles. The molecule has 0 unspecified atom stereocenters. The fourth-order valence-corrected chi connectivity index (χ4v) is 4.04. The minimum atomic E-state index is -0.808. The SMILES string of the molecule is CC[C@@]1(C(=O)O)C[C@@H]2CC[C@H]1N2C(=O)c1cc(OC)ccn1. The molecule has 0 aliphatic carbocycles. The van der Waals surface area contributed by atoms with Gasteiger partial charge in [0.2, 0.25) is 0 Å². The molecular weight excluding hydrogens is 284 g/mol. The van der Waals surface area contributed by atoms with Gasteiger partial charge in [-0.25, -0.2) is 0 Å². The Balaban J connectivity index is 1.92. The van der Waals surface area contributed by atoms with Crippen LogP contribution < -0.4 is 4.74 Å². The zero-order chi connectivity index (χ0) is 15.9. The van der Waals surface area contributed by atoms with E-state index in [-0.39, 0.29) is 18.0 Å². The summed E-state index contributed by atoms with van der Waals surface area (Å²) in [5.41, 5.74) is -0.495. The standard InChI is InChI=1S/C16H20N2O4/c1-3-16(15(20)21)9-10-4-5-13(16)18(10)14(19)12-8-11(22-2)6-7-17-12/h6-8,10,13H,3-5,9H2,1-2H3,(H,20,21)/t10-,13+,16+/m0/s1. The predicted octanol–water partition coefficient (Wildman–Crippen LogP) is 1.95. The summed E-state index contributed by atoms with van der Waals surface area (Å²) in [6.07, 6.45) is 4.24. The van der Waals surface area contributed by atoms with Gasteiger partial charge in [-0.15, -0.1) is 0 Å². The van der Waals surface area contributed by atoms with E-state index in [1.807, 2.05) is 6.92 Å². The Labute approximate surface area is 129 Å². The Hall–Kier alpha value is -2.11. The smallest absolute Gasteiger partial charge is 0.311 e. The number of aromatic nitrogens is 1. The van der Waals surface area contributed by atoms with Crippen molar-refractivity contribution in [3.8, 4) is 5.75 Å². The van der Waals surface area contributed by atoms with E-state index in [4.69, 9.17) is 4.74 Å². The van der Waals surface area contributed by atoms with Crippen LogP contribution in [0.3, 0.4) is 0 Å². The lowest BCUT2D eigenvalue weighted by Gasteiger charge is -2.32. The number of nitrogens with zero attached hydrogens (tertiary/aromatic N) is 2. The number of carboxylic acid groups (broad SMARTS) is 1. The quantitative estimate of drug-likeness (QED) is 0.919. The largest absolute Gasteiger partial charge is 0.497 e. The summed E-state index contributed by atoms with van der Waals surface area (Å²) in [5, 5.41) is 9.66. The number of carboxylic acids is 1. The summed E-state index contributed by atoms with van der Waals surface area (Å²) in [6, 6.07) is 3.05. The summed E-state index contributed by atoms with van der Waals surface area (Å²) in [6.45, 7) is 1.89. The number of fused-ring (bicyclic) bond motifs is 2. The van der Waals surface area contributed by atoms with Crippen LogP contribution in [0, 0.1) is 5.41 Å². The molecular formula is C16H20N2O4. The molecule has 6 nitrogen and oxygen atoms in total. The van der Waals surface area contributed by atoms with Gasteiger partial charge in [0.1, 0.15) is 11.4 Å². The van der Waals surface area contributed by atoms with Crippen molar-refractivity contribution in [3.63, 3.8) is 0 Å². The minimum Gasteiger partial charge on any atom is -0.497 e. The van der Waals surface area contributed by atoms with E-state index in [1.165, 1.54) is 13.3 Å². The van der Waals surface area contributed by atoms with E-state index in [0.29, 0.717) is 24.3 Å². The molecule has 22 heavy (non-hydrogen) atoms. The van der Waals surface area contributed by atoms with Crippen LogP contribution in [0.4, 0.5) is 0 Å². The number of pyridine rings is 1. The molecule has 1 amide bonds. The van der Waals surface area contributed by atoms with Crippen molar-refractivity contribution in [3.05, 3.63) is 24.0 Å². The summed E-state index contributed by atoms with van der Waals surface area (Å²) >= 11 is 0. The van der Waals surface area contributed by atoms with Gasteiger partial charge in [0, 0.05) is 24.3 Å². The number of rotatable bonds is 4. The number of amides is 1. The number of hydrogen-bond donors (Lipinski definition) is 1. The van der Waals surface area contributed by atoms with E-state index in [0.717, 1.165) is 12.8 Å². The lowest BCUT2D eigenvalue weighted by atomic mass is 9.72. The summed E-state index contributed by atoms with van der Waals surface area (Å²) in [7, 11) is 1.54. The van der Waals surface area contributed by atoms with Crippen LogP contribution in [0.5, 0.6) is 5.75 Å². The number of ether oxygens (including phenoxy) is 1. The van der Waals surface area contributed by atoms with E-state index in [1.54, 1.807) is 17.0 Å². The first-order chi connectivity index (χ1) is 10.5. The second kappa shape index (κ2) is 5.26. The molecule has 0 spiro atoms. The Kier molecular flexibility index (Phi) is 3.54. The molecule has 0 radical (unpaired) electrons. The average Bonchev–Trinajstić information content (AvgIpc) is 3.10. The second-order valence-electron chi connectivity index (χ2n) is 6.06. The summed E-state index contributed by atoms with van der Waals surface area (Å²) in [4.78, 5) is 30.5. The van der Waals surface area contributed by atoms with Gasteiger partial charge in [-0.1, -0.05) is 6.92 Å². The summed E-state index contributed by atoms with van der Waals surface area (Å²) < 4.78 is 5.13.